The number of anilines is 2. The van der Waals surface area contributed by atoms with Crippen molar-refractivity contribution in [2.75, 3.05) is 14.7 Å². The van der Waals surface area contributed by atoms with Crippen LogP contribution in [0.4, 0.5) is 59.7 Å². The van der Waals surface area contributed by atoms with Crippen molar-refractivity contribution in [3.63, 3.8) is 0 Å². The molecule has 0 saturated heterocycles. The minimum Gasteiger partial charge on any atom is -0.290 e. The van der Waals surface area contributed by atoms with Crippen LogP contribution >= 0.6 is 0 Å². The number of halogens is 11. The summed E-state index contributed by atoms with van der Waals surface area (Å²) in [5.74, 6) is -10.6. The van der Waals surface area contributed by atoms with Gasteiger partial charge in [-0.3, -0.25) is 9.52 Å². The van der Waals surface area contributed by atoms with Gasteiger partial charge in [-0.2, -0.15) is 64.5 Å². The number of carbonyl (C=O) groups excluding carboxylic acids is 1. The lowest BCUT2D eigenvalue weighted by molar-refractivity contribution is -0.314. The highest BCUT2D eigenvalue weighted by Gasteiger charge is 2.87. The molecule has 0 bridgehead atoms. The van der Waals surface area contributed by atoms with Gasteiger partial charge >= 0.3 is 48.6 Å². The summed E-state index contributed by atoms with van der Waals surface area (Å²) in [6, 6.07) is 14.4. The predicted molar refractivity (Wildman–Crippen MR) is 148 cm³/mol. The summed E-state index contributed by atoms with van der Waals surface area (Å²) < 4.78 is 220. The number of alkyl halides is 11. The second kappa shape index (κ2) is 13.5. The summed E-state index contributed by atoms with van der Waals surface area (Å²) in [6.07, 6.45) is -7.08. The summed E-state index contributed by atoms with van der Waals surface area (Å²) in [7, 11) is -18.1. The van der Waals surface area contributed by atoms with E-state index in [9.17, 15) is 74.0 Å². The number of benzene rings is 3. The van der Waals surface area contributed by atoms with Crippen LogP contribution < -0.4 is 8.43 Å². The minimum absolute atomic E-state index is 0.0205. The van der Waals surface area contributed by atoms with Crippen molar-refractivity contribution in [2.24, 2.45) is 0 Å². The maximum absolute atomic E-state index is 15.0. The zero-order chi connectivity index (χ0) is 37.2. The number of ketones is 1. The van der Waals surface area contributed by atoms with Gasteiger partial charge in [-0.05, 0) is 24.3 Å². The van der Waals surface area contributed by atoms with Gasteiger partial charge in [-0.15, -0.1) is 0 Å². The van der Waals surface area contributed by atoms with Crippen LogP contribution in [0, 0.1) is 0 Å². The summed E-state index contributed by atoms with van der Waals surface area (Å²) in [4.78, 5) is 12.1. The zero-order valence-electron chi connectivity index (χ0n) is 23.3. The van der Waals surface area contributed by atoms with Crippen molar-refractivity contribution in [2.45, 2.75) is 28.5 Å². The molecule has 0 aliphatic heterocycles. The van der Waals surface area contributed by atoms with Crippen LogP contribution in [-0.4, -0.2) is 65.8 Å². The van der Waals surface area contributed by atoms with Gasteiger partial charge in [0.25, 0.3) is 0 Å². The SMILES string of the molecule is CS(=O)(=O)N(c1ccccc1)S(=O)(=O)C(F)(F)C(F)(F)C(F)(C(=O)c1ccccc1)C(F)(F)F.O=S(=O)(Nc1ccccc1)C(F)(F)F. The first-order valence-electron chi connectivity index (χ1n) is 12.1. The Morgan fingerprint density at radius 2 is 1.02 bits per heavy atom. The van der Waals surface area contributed by atoms with Crippen LogP contribution in [0.5, 0.6) is 0 Å². The van der Waals surface area contributed by atoms with E-state index < -0.39 is 79.3 Å². The van der Waals surface area contributed by atoms with Crippen molar-refractivity contribution in [3.05, 3.63) is 96.6 Å². The summed E-state index contributed by atoms with van der Waals surface area (Å²) >= 11 is 0. The molecule has 0 radical (unpaired) electrons. The molecule has 3 aromatic carbocycles. The van der Waals surface area contributed by atoms with E-state index in [0.717, 1.165) is 36.4 Å². The molecule has 1 unspecified atom stereocenters. The third-order valence-corrected chi connectivity index (χ3v) is 10.6. The summed E-state index contributed by atoms with van der Waals surface area (Å²) in [6.45, 7) is 0. The van der Waals surface area contributed by atoms with Crippen LogP contribution in [0.3, 0.4) is 0 Å². The number of nitrogens with zero attached hydrogens (tertiary/aromatic N) is 1. The van der Waals surface area contributed by atoms with Crippen LogP contribution in [0.2, 0.25) is 0 Å². The van der Waals surface area contributed by atoms with E-state index >= 15 is 4.39 Å². The van der Waals surface area contributed by atoms with E-state index in [1.165, 1.54) is 29.0 Å². The smallest absolute Gasteiger partial charge is 0.290 e. The van der Waals surface area contributed by atoms with E-state index in [1.807, 2.05) is 0 Å². The molecule has 0 aliphatic carbocycles. The van der Waals surface area contributed by atoms with Gasteiger partial charge < -0.3 is 0 Å². The highest BCUT2D eigenvalue weighted by Crippen LogP contribution is 2.56. The van der Waals surface area contributed by atoms with Crippen molar-refractivity contribution < 1.29 is 78.3 Å². The lowest BCUT2D eigenvalue weighted by Gasteiger charge is -2.38. The van der Waals surface area contributed by atoms with Crippen molar-refractivity contribution in [1.29, 1.82) is 0 Å². The average molecular weight is 765 g/mol. The first-order valence-corrected chi connectivity index (χ1v) is 16.9. The normalized spacial score (nSPS) is 14.6. The second-order valence-electron chi connectivity index (χ2n) is 9.16. The maximum atomic E-state index is 15.0. The standard InChI is InChI=1S/C18H13F8NO5S2.C7H6F3NO2S/c1-33(29,30)27(13-10-6-3-7-11-13)34(31,32)18(25,26)16(20,21)15(19,17(22,23)24)14(28)12-8-4-2-5-9-12;8-7(9,10)14(12,13)11-6-4-2-1-3-5-6/h2-11H,1H3;1-5,11H. The van der Waals surface area contributed by atoms with Gasteiger partial charge in [-0.25, -0.2) is 12.8 Å². The molecule has 1 N–H and O–H groups in total. The molecule has 0 aromatic heterocycles. The third-order valence-electron chi connectivity index (χ3n) is 5.68. The zero-order valence-corrected chi connectivity index (χ0v) is 25.8. The molecule has 0 fully saturated rings. The molecule has 3 rings (SSSR count). The Hall–Kier alpha value is -3.99. The molecule has 9 nitrogen and oxygen atoms in total. The number of rotatable bonds is 10. The van der Waals surface area contributed by atoms with E-state index in [0.29, 0.717) is 24.3 Å². The average Bonchev–Trinajstić information content (AvgIpc) is 2.95. The number of sulfonamides is 3. The molecule has 0 saturated carbocycles. The molecule has 0 heterocycles. The third kappa shape index (κ3) is 7.66. The van der Waals surface area contributed by atoms with E-state index in [-0.39, 0.29) is 11.9 Å². The summed E-state index contributed by atoms with van der Waals surface area (Å²) in [5.41, 5.74) is -14.8. The van der Waals surface area contributed by atoms with E-state index in [4.69, 9.17) is 0 Å². The topological polar surface area (TPSA) is 135 Å². The highest BCUT2D eigenvalue weighted by atomic mass is 32.3. The Labute approximate surface area is 265 Å². The monoisotopic (exact) mass is 764 g/mol. The summed E-state index contributed by atoms with van der Waals surface area (Å²) in [5, 5.41) is -7.10. The fourth-order valence-electron chi connectivity index (χ4n) is 3.48. The van der Waals surface area contributed by atoms with Gasteiger partial charge in [0, 0.05) is 11.3 Å². The second-order valence-corrected chi connectivity index (χ2v) is 14.7. The lowest BCUT2D eigenvalue weighted by atomic mass is 9.87. The fraction of sp³-hybridized carbons (Fsp3) is 0.240. The number of nitrogens with one attached hydrogen (secondary N) is 1. The molecular weight excluding hydrogens is 745 g/mol. The van der Waals surface area contributed by atoms with Crippen LogP contribution in [0.25, 0.3) is 0 Å². The number of hydrogen-bond donors (Lipinski definition) is 1. The Balaban J connectivity index is 0.000000476. The van der Waals surface area contributed by atoms with Crippen LogP contribution in [-0.2, 0) is 30.1 Å². The largest absolute Gasteiger partial charge is 0.516 e. The first kappa shape index (κ1) is 40.2. The molecule has 0 amide bonds. The molecule has 0 aliphatic rings. The van der Waals surface area contributed by atoms with E-state index in [2.05, 4.69) is 0 Å². The Morgan fingerprint density at radius 1 is 0.625 bits per heavy atom. The highest BCUT2D eigenvalue weighted by molar-refractivity contribution is 8.10. The van der Waals surface area contributed by atoms with Gasteiger partial charge in [0.05, 0.1) is 11.9 Å². The number of para-hydroxylation sites is 2. The molecule has 3 aromatic rings. The molecule has 0 spiro atoms. The predicted octanol–water partition coefficient (Wildman–Crippen LogP) is 6.11. The fourth-order valence-corrected chi connectivity index (χ4v) is 7.33. The molecule has 23 heteroatoms. The number of hydrogen-bond acceptors (Lipinski definition) is 7. The molecule has 1 atom stereocenters. The molecule has 48 heavy (non-hydrogen) atoms. The first-order chi connectivity index (χ1) is 21.6. The molecule has 266 valence electrons. The quantitative estimate of drug-likeness (QED) is 0.195. The van der Waals surface area contributed by atoms with Crippen molar-refractivity contribution in [3.8, 4) is 0 Å². The van der Waals surface area contributed by atoms with Gasteiger partial charge in [0.1, 0.15) is 0 Å². The Kier molecular flexibility index (Phi) is 11.3. The lowest BCUT2D eigenvalue weighted by Crippen LogP contribution is -2.70. The maximum Gasteiger partial charge on any atom is 0.516 e. The van der Waals surface area contributed by atoms with Crippen LogP contribution in [0.1, 0.15) is 10.4 Å². The van der Waals surface area contributed by atoms with Crippen molar-refractivity contribution >= 4 is 47.2 Å². The number of Topliss-reactive ketones (excluding diaryl/α,β-unsaturated/α-hetero) is 1. The van der Waals surface area contributed by atoms with Crippen LogP contribution in [0.15, 0.2) is 91.0 Å². The minimum atomic E-state index is -7.36. The molecular formula is C25H19F11N2O7S3. The Morgan fingerprint density at radius 3 is 1.40 bits per heavy atom. The van der Waals surface area contributed by atoms with Gasteiger partial charge in [0.2, 0.25) is 15.8 Å². The van der Waals surface area contributed by atoms with E-state index in [1.54, 1.807) is 6.07 Å². The van der Waals surface area contributed by atoms with Gasteiger partial charge in [-0.1, -0.05) is 66.7 Å². The Bertz CT molecular complexity index is 1910. The van der Waals surface area contributed by atoms with Crippen molar-refractivity contribution in [1.82, 2.24) is 0 Å². The van der Waals surface area contributed by atoms with Gasteiger partial charge in [0.15, 0.2) is 0 Å². The number of carbonyl (C=O) groups is 1.